The number of hydrogen-bond donors (Lipinski definition) is 0. The Kier molecular flexibility index (Phi) is 10.9. The van der Waals surface area contributed by atoms with Crippen molar-refractivity contribution in [2.45, 2.75) is 66.2 Å². The lowest BCUT2D eigenvalue weighted by Crippen LogP contribution is -2.12. The molecule has 2 atom stereocenters. The van der Waals surface area contributed by atoms with E-state index in [1.807, 2.05) is 12.1 Å². The van der Waals surface area contributed by atoms with Gasteiger partial charge in [0.25, 0.3) is 0 Å². The maximum absolute atomic E-state index is 6.15. The van der Waals surface area contributed by atoms with Gasteiger partial charge in [0.15, 0.2) is 0 Å². The highest BCUT2D eigenvalue weighted by atomic mass is 16.5. The van der Waals surface area contributed by atoms with Crippen molar-refractivity contribution in [3.8, 4) is 11.5 Å². The van der Waals surface area contributed by atoms with Crippen LogP contribution in [0.2, 0.25) is 0 Å². The van der Waals surface area contributed by atoms with Crippen LogP contribution >= 0.6 is 0 Å². The van der Waals surface area contributed by atoms with Gasteiger partial charge in [-0.15, -0.1) is 0 Å². The zero-order valence-electron chi connectivity index (χ0n) is 20.4. The van der Waals surface area contributed by atoms with Gasteiger partial charge in [-0.1, -0.05) is 77.9 Å². The molecule has 0 saturated carbocycles. The maximum Gasteiger partial charge on any atom is 0.122 e. The monoisotopic (exact) mass is 426 g/mol. The second-order valence-corrected chi connectivity index (χ2v) is 9.48. The molecule has 3 heteroatoms. The molecule has 0 fully saturated rings. The minimum absolute atomic E-state index is 0.278. The summed E-state index contributed by atoms with van der Waals surface area (Å²) in [5.41, 5.74) is 2.44. The van der Waals surface area contributed by atoms with Crippen LogP contribution in [-0.4, -0.2) is 26.4 Å². The highest BCUT2D eigenvalue weighted by Crippen LogP contribution is 2.29. The van der Waals surface area contributed by atoms with Gasteiger partial charge in [-0.2, -0.15) is 0 Å². The Morgan fingerprint density at radius 1 is 0.581 bits per heavy atom. The van der Waals surface area contributed by atoms with Crippen LogP contribution in [0.25, 0.3) is 0 Å². The molecule has 0 aliphatic rings. The minimum Gasteiger partial charge on any atom is -0.493 e. The van der Waals surface area contributed by atoms with Gasteiger partial charge >= 0.3 is 0 Å². The van der Waals surface area contributed by atoms with E-state index in [0.717, 1.165) is 37.6 Å². The summed E-state index contributed by atoms with van der Waals surface area (Å²) < 4.78 is 18.3. The molecule has 2 unspecified atom stereocenters. The van der Waals surface area contributed by atoms with Gasteiger partial charge in [-0.25, -0.2) is 0 Å². The Hall–Kier alpha value is -2.00. The maximum atomic E-state index is 6.15. The van der Waals surface area contributed by atoms with Crippen molar-refractivity contribution in [1.29, 1.82) is 0 Å². The van der Waals surface area contributed by atoms with Crippen LogP contribution in [0.5, 0.6) is 11.5 Å². The van der Waals surface area contributed by atoms with Crippen molar-refractivity contribution >= 4 is 0 Å². The van der Waals surface area contributed by atoms with Gasteiger partial charge < -0.3 is 14.2 Å². The van der Waals surface area contributed by atoms with Crippen LogP contribution in [0.3, 0.4) is 0 Å². The Balaban J connectivity index is 1.88. The predicted molar refractivity (Wildman–Crippen MR) is 130 cm³/mol. The van der Waals surface area contributed by atoms with Gasteiger partial charge in [0, 0.05) is 11.8 Å². The molecule has 0 heterocycles. The largest absolute Gasteiger partial charge is 0.493 e. The molecule has 2 aromatic carbocycles. The lowest BCUT2D eigenvalue weighted by Gasteiger charge is -2.20. The Morgan fingerprint density at radius 3 is 1.35 bits per heavy atom. The van der Waals surface area contributed by atoms with E-state index in [9.17, 15) is 0 Å². The Bertz CT molecular complexity index is 690. The summed E-state index contributed by atoms with van der Waals surface area (Å²) in [7, 11) is 0. The van der Waals surface area contributed by atoms with E-state index in [1.165, 1.54) is 11.1 Å². The molecule has 0 bridgehead atoms. The smallest absolute Gasteiger partial charge is 0.122 e. The summed E-state index contributed by atoms with van der Waals surface area (Å²) in [4.78, 5) is 0. The summed E-state index contributed by atoms with van der Waals surface area (Å²) in [6.07, 6.45) is 2.13. The molecular weight excluding hydrogens is 384 g/mol. The van der Waals surface area contributed by atoms with Crippen LogP contribution in [-0.2, 0) is 4.74 Å². The second kappa shape index (κ2) is 13.4. The van der Waals surface area contributed by atoms with Crippen LogP contribution < -0.4 is 9.47 Å². The summed E-state index contributed by atoms with van der Waals surface area (Å²) in [6.45, 7) is 16.2. The van der Waals surface area contributed by atoms with E-state index in [4.69, 9.17) is 14.2 Å². The topological polar surface area (TPSA) is 27.7 Å². The van der Waals surface area contributed by atoms with Crippen LogP contribution in [0.1, 0.15) is 77.3 Å². The van der Waals surface area contributed by atoms with Gasteiger partial charge in [-0.05, 0) is 47.9 Å². The molecule has 0 aliphatic carbocycles. The quantitative estimate of drug-likeness (QED) is 0.314. The third-order valence-electron chi connectivity index (χ3n) is 5.54. The van der Waals surface area contributed by atoms with Crippen molar-refractivity contribution in [3.63, 3.8) is 0 Å². The molecule has 0 spiro atoms. The van der Waals surface area contributed by atoms with E-state index in [-0.39, 0.29) is 11.8 Å². The highest BCUT2D eigenvalue weighted by molar-refractivity contribution is 5.37. The van der Waals surface area contributed by atoms with Gasteiger partial charge in [0.1, 0.15) is 11.5 Å². The molecule has 0 saturated heterocycles. The molecule has 3 nitrogen and oxygen atoms in total. The number of rotatable bonds is 14. The molecule has 0 aliphatic heterocycles. The van der Waals surface area contributed by atoms with E-state index < -0.39 is 0 Å². The number of benzene rings is 2. The molecule has 172 valence electrons. The molecular formula is C28H42O3. The fourth-order valence-electron chi connectivity index (χ4n) is 3.45. The second-order valence-electron chi connectivity index (χ2n) is 9.48. The number of hydrogen-bond acceptors (Lipinski definition) is 3. The summed E-state index contributed by atoms with van der Waals surface area (Å²) in [6, 6.07) is 16.7. The lowest BCUT2D eigenvalue weighted by molar-refractivity contribution is 0.111. The van der Waals surface area contributed by atoms with Gasteiger partial charge in [0.2, 0.25) is 0 Å². The van der Waals surface area contributed by atoms with E-state index in [2.05, 4.69) is 77.9 Å². The highest BCUT2D eigenvalue weighted by Gasteiger charge is 2.15. The van der Waals surface area contributed by atoms with Crippen LogP contribution in [0.15, 0.2) is 48.5 Å². The predicted octanol–water partition coefficient (Wildman–Crippen LogP) is 7.46. The molecule has 0 radical (unpaired) electrons. The molecule has 0 N–H and O–H groups in total. The van der Waals surface area contributed by atoms with Crippen molar-refractivity contribution in [2.75, 3.05) is 26.4 Å². The fourth-order valence-corrected chi connectivity index (χ4v) is 3.45. The number of para-hydroxylation sites is 2. The molecule has 2 rings (SSSR count). The third-order valence-corrected chi connectivity index (χ3v) is 5.54. The van der Waals surface area contributed by atoms with Gasteiger partial charge in [0.05, 0.1) is 26.4 Å². The Morgan fingerprint density at radius 2 is 0.968 bits per heavy atom. The molecule has 2 aromatic rings. The first-order valence-electron chi connectivity index (χ1n) is 11.9. The van der Waals surface area contributed by atoms with Crippen molar-refractivity contribution in [2.24, 2.45) is 11.8 Å². The van der Waals surface area contributed by atoms with Gasteiger partial charge in [-0.3, -0.25) is 0 Å². The SMILES string of the molecule is CC(C)CCOc1ccccc1C(C)COCC(C)c1ccccc1OCCC(C)C. The average Bonchev–Trinajstić information content (AvgIpc) is 2.73. The van der Waals surface area contributed by atoms with E-state index >= 15 is 0 Å². The minimum atomic E-state index is 0.278. The van der Waals surface area contributed by atoms with Crippen LogP contribution in [0, 0.1) is 11.8 Å². The van der Waals surface area contributed by atoms with E-state index in [1.54, 1.807) is 0 Å². The van der Waals surface area contributed by atoms with Crippen LogP contribution in [0.4, 0.5) is 0 Å². The fraction of sp³-hybridized carbons (Fsp3) is 0.571. The average molecular weight is 427 g/mol. The summed E-state index contributed by atoms with van der Waals surface area (Å²) in [5.74, 6) is 3.81. The normalized spacial score (nSPS) is 13.4. The summed E-state index contributed by atoms with van der Waals surface area (Å²) in [5, 5.41) is 0. The third kappa shape index (κ3) is 8.95. The first kappa shape index (κ1) is 25.3. The first-order chi connectivity index (χ1) is 14.9. The summed E-state index contributed by atoms with van der Waals surface area (Å²) >= 11 is 0. The standard InChI is InChI=1S/C28H42O3/c1-21(2)15-17-30-27-13-9-7-11-25(27)23(5)19-29-20-24(6)26-12-8-10-14-28(26)31-18-16-22(3)4/h7-14,21-24H,15-20H2,1-6H3. The van der Waals surface area contributed by atoms with Crippen molar-refractivity contribution in [3.05, 3.63) is 59.7 Å². The lowest BCUT2D eigenvalue weighted by atomic mass is 10.00. The van der Waals surface area contributed by atoms with Crippen molar-refractivity contribution < 1.29 is 14.2 Å². The Labute approximate surface area is 190 Å². The first-order valence-corrected chi connectivity index (χ1v) is 11.9. The zero-order chi connectivity index (χ0) is 22.6. The molecule has 31 heavy (non-hydrogen) atoms. The molecule has 0 aromatic heterocycles. The molecule has 0 amide bonds. The van der Waals surface area contributed by atoms with E-state index in [0.29, 0.717) is 25.0 Å². The van der Waals surface area contributed by atoms with Crippen molar-refractivity contribution in [1.82, 2.24) is 0 Å². The zero-order valence-corrected chi connectivity index (χ0v) is 20.4. The number of ether oxygens (including phenoxy) is 3.